The predicted molar refractivity (Wildman–Crippen MR) is 67.0 cm³/mol. The van der Waals surface area contributed by atoms with E-state index in [1.165, 1.54) is 0 Å². The molecule has 1 atom stereocenters. The fourth-order valence-corrected chi connectivity index (χ4v) is 2.53. The first-order valence-electron chi connectivity index (χ1n) is 6.08. The number of methoxy groups -OCH3 is 1. The largest absolute Gasteiger partial charge is 0.497 e. The summed E-state index contributed by atoms with van der Waals surface area (Å²) in [5.74, 6) is 0.781. The molecule has 0 saturated carbocycles. The first-order valence-corrected chi connectivity index (χ1v) is 6.08. The second-order valence-corrected chi connectivity index (χ2v) is 4.76. The first-order chi connectivity index (χ1) is 8.72. The van der Waals surface area contributed by atoms with Crippen molar-refractivity contribution >= 4 is 11.8 Å². The zero-order valence-electron chi connectivity index (χ0n) is 10.3. The lowest BCUT2D eigenvalue weighted by atomic mass is 10.0. The Balaban J connectivity index is 1.81. The second kappa shape index (κ2) is 4.17. The number of carbonyl (C=O) groups is 1. The van der Waals surface area contributed by atoms with Crippen molar-refractivity contribution in [1.29, 1.82) is 0 Å². The van der Waals surface area contributed by atoms with E-state index in [4.69, 9.17) is 9.47 Å². The highest BCUT2D eigenvalue weighted by Crippen LogP contribution is 2.32. The average molecular weight is 248 g/mol. The maximum atomic E-state index is 11.9. The van der Waals surface area contributed by atoms with Crippen LogP contribution in [0.25, 0.3) is 0 Å². The molecule has 2 saturated heterocycles. The van der Waals surface area contributed by atoms with Crippen LogP contribution in [0, 0.1) is 0 Å². The number of nitrogens with one attached hydrogen (secondary N) is 1. The second-order valence-electron chi connectivity index (χ2n) is 4.76. The molecule has 1 unspecified atom stereocenters. The molecule has 5 heteroatoms. The summed E-state index contributed by atoms with van der Waals surface area (Å²) in [6.07, 6.45) is 0.620. The molecule has 0 bridgehead atoms. The van der Waals surface area contributed by atoms with Gasteiger partial charge in [0.2, 0.25) is 0 Å². The van der Waals surface area contributed by atoms with Gasteiger partial charge in [0.25, 0.3) is 0 Å². The number of hydrogen-bond acceptors (Lipinski definition) is 4. The van der Waals surface area contributed by atoms with Crippen LogP contribution < -0.4 is 15.0 Å². The number of benzene rings is 1. The van der Waals surface area contributed by atoms with Crippen LogP contribution in [-0.4, -0.2) is 38.4 Å². The van der Waals surface area contributed by atoms with E-state index in [0.29, 0.717) is 6.54 Å². The molecule has 1 amide bonds. The molecule has 0 aromatic heterocycles. The fourth-order valence-electron chi connectivity index (χ4n) is 2.53. The standard InChI is InChI=1S/C13H16N2O3/c1-17-11-4-2-10(3-5-11)15-9-13(18-12(15)16)6-7-14-8-13/h2-5,14H,6-9H2,1H3. The summed E-state index contributed by atoms with van der Waals surface area (Å²) in [7, 11) is 1.62. The Morgan fingerprint density at radius 3 is 2.78 bits per heavy atom. The maximum absolute atomic E-state index is 11.9. The van der Waals surface area contributed by atoms with Gasteiger partial charge in [-0.25, -0.2) is 4.79 Å². The number of amides is 1. The van der Waals surface area contributed by atoms with Crippen molar-refractivity contribution in [2.24, 2.45) is 0 Å². The number of rotatable bonds is 2. The van der Waals surface area contributed by atoms with Crippen molar-refractivity contribution in [2.45, 2.75) is 12.0 Å². The van der Waals surface area contributed by atoms with Gasteiger partial charge in [0.05, 0.1) is 13.7 Å². The lowest BCUT2D eigenvalue weighted by Crippen LogP contribution is -2.36. The maximum Gasteiger partial charge on any atom is 0.415 e. The van der Waals surface area contributed by atoms with Gasteiger partial charge in [0.1, 0.15) is 11.4 Å². The zero-order chi connectivity index (χ0) is 12.6. The summed E-state index contributed by atoms with van der Waals surface area (Å²) in [5.41, 5.74) is 0.515. The molecule has 0 radical (unpaired) electrons. The van der Waals surface area contributed by atoms with Crippen molar-refractivity contribution in [2.75, 3.05) is 31.6 Å². The number of nitrogens with zero attached hydrogens (tertiary/aromatic N) is 1. The highest BCUT2D eigenvalue weighted by Gasteiger charge is 2.47. The molecule has 3 rings (SSSR count). The van der Waals surface area contributed by atoms with E-state index in [2.05, 4.69) is 5.32 Å². The Hall–Kier alpha value is -1.75. The monoisotopic (exact) mass is 248 g/mol. The molecule has 1 aromatic rings. The van der Waals surface area contributed by atoms with Gasteiger partial charge in [-0.15, -0.1) is 0 Å². The van der Waals surface area contributed by atoms with E-state index >= 15 is 0 Å². The quantitative estimate of drug-likeness (QED) is 0.859. The molecule has 18 heavy (non-hydrogen) atoms. The van der Waals surface area contributed by atoms with Crippen molar-refractivity contribution in [3.63, 3.8) is 0 Å². The summed E-state index contributed by atoms with van der Waals surface area (Å²) in [4.78, 5) is 13.6. The number of hydrogen-bond donors (Lipinski definition) is 1. The van der Waals surface area contributed by atoms with E-state index in [1.807, 2.05) is 24.3 Å². The highest BCUT2D eigenvalue weighted by molar-refractivity contribution is 5.90. The van der Waals surface area contributed by atoms with Gasteiger partial charge >= 0.3 is 6.09 Å². The van der Waals surface area contributed by atoms with E-state index in [9.17, 15) is 4.79 Å². The number of anilines is 1. The van der Waals surface area contributed by atoms with Crippen LogP contribution in [-0.2, 0) is 4.74 Å². The molecule has 1 aromatic carbocycles. The molecule has 96 valence electrons. The Bertz CT molecular complexity index is 452. The number of carbonyl (C=O) groups excluding carboxylic acids is 1. The van der Waals surface area contributed by atoms with E-state index in [1.54, 1.807) is 12.0 Å². The van der Waals surface area contributed by atoms with Gasteiger partial charge in [-0.1, -0.05) is 0 Å². The summed E-state index contributed by atoms with van der Waals surface area (Å²) >= 11 is 0. The van der Waals surface area contributed by atoms with Gasteiger partial charge in [-0.05, 0) is 30.8 Å². The van der Waals surface area contributed by atoms with Crippen LogP contribution in [0.4, 0.5) is 10.5 Å². The van der Waals surface area contributed by atoms with Gasteiger partial charge in [0, 0.05) is 18.7 Å². The van der Waals surface area contributed by atoms with Gasteiger partial charge < -0.3 is 14.8 Å². The summed E-state index contributed by atoms with van der Waals surface area (Å²) in [5, 5.41) is 3.24. The lowest BCUT2D eigenvalue weighted by Gasteiger charge is -2.19. The molecule has 0 aliphatic carbocycles. The van der Waals surface area contributed by atoms with Gasteiger partial charge in [0.15, 0.2) is 0 Å². The van der Waals surface area contributed by atoms with Gasteiger partial charge in [-0.2, -0.15) is 0 Å². The number of ether oxygens (including phenoxy) is 2. The Labute approximate surface area is 106 Å². The van der Waals surface area contributed by atoms with Crippen LogP contribution >= 0.6 is 0 Å². The predicted octanol–water partition coefficient (Wildman–Crippen LogP) is 1.38. The normalized spacial score (nSPS) is 26.7. The van der Waals surface area contributed by atoms with Crippen LogP contribution in [0.3, 0.4) is 0 Å². The minimum absolute atomic E-state index is 0.260. The van der Waals surface area contributed by atoms with Crippen LogP contribution in [0.2, 0.25) is 0 Å². The lowest BCUT2D eigenvalue weighted by molar-refractivity contribution is 0.0733. The van der Waals surface area contributed by atoms with Crippen LogP contribution in [0.1, 0.15) is 6.42 Å². The third-order valence-electron chi connectivity index (χ3n) is 3.56. The smallest absolute Gasteiger partial charge is 0.415 e. The van der Waals surface area contributed by atoms with E-state index in [-0.39, 0.29) is 11.7 Å². The van der Waals surface area contributed by atoms with Gasteiger partial charge in [-0.3, -0.25) is 4.90 Å². The van der Waals surface area contributed by atoms with E-state index in [0.717, 1.165) is 30.9 Å². The summed E-state index contributed by atoms with van der Waals surface area (Å²) in [6, 6.07) is 7.45. The molecular formula is C13H16N2O3. The summed E-state index contributed by atoms with van der Waals surface area (Å²) < 4.78 is 10.6. The molecule has 1 N–H and O–H groups in total. The SMILES string of the molecule is COc1ccc(N2CC3(CCNC3)OC2=O)cc1. The minimum Gasteiger partial charge on any atom is -0.497 e. The Morgan fingerprint density at radius 2 is 2.17 bits per heavy atom. The molecule has 2 heterocycles. The third kappa shape index (κ3) is 1.80. The highest BCUT2D eigenvalue weighted by atomic mass is 16.6. The van der Waals surface area contributed by atoms with Crippen LogP contribution in [0.15, 0.2) is 24.3 Å². The molecule has 2 fully saturated rings. The zero-order valence-corrected chi connectivity index (χ0v) is 10.3. The van der Waals surface area contributed by atoms with Crippen molar-refractivity contribution in [1.82, 2.24) is 5.32 Å². The topological polar surface area (TPSA) is 50.8 Å². The summed E-state index contributed by atoms with van der Waals surface area (Å²) in [6.45, 7) is 2.26. The average Bonchev–Trinajstić information content (AvgIpc) is 2.97. The van der Waals surface area contributed by atoms with Crippen molar-refractivity contribution in [3.05, 3.63) is 24.3 Å². The Kier molecular flexibility index (Phi) is 2.63. The third-order valence-corrected chi connectivity index (χ3v) is 3.56. The molecule has 2 aliphatic heterocycles. The Morgan fingerprint density at radius 1 is 1.39 bits per heavy atom. The van der Waals surface area contributed by atoms with E-state index < -0.39 is 0 Å². The molecule has 1 spiro atoms. The molecule has 5 nitrogen and oxygen atoms in total. The molecule has 2 aliphatic rings. The minimum atomic E-state index is -0.336. The van der Waals surface area contributed by atoms with Crippen molar-refractivity contribution in [3.8, 4) is 5.75 Å². The first kappa shape index (κ1) is 11.3. The molecular weight excluding hydrogens is 232 g/mol. The van der Waals surface area contributed by atoms with Crippen LogP contribution in [0.5, 0.6) is 5.75 Å². The fraction of sp³-hybridized carbons (Fsp3) is 0.462. The van der Waals surface area contributed by atoms with Crippen molar-refractivity contribution < 1.29 is 14.3 Å².